The average Bonchev–Trinajstić information content (AvgIpc) is 2.76. The molecule has 0 aromatic heterocycles. The van der Waals surface area contributed by atoms with Crippen molar-refractivity contribution in [3.05, 3.63) is 41.2 Å². The van der Waals surface area contributed by atoms with E-state index in [4.69, 9.17) is 0 Å². The normalized spacial score (nSPS) is 25.9. The molecule has 0 N–H and O–H groups in total. The van der Waals surface area contributed by atoms with Crippen molar-refractivity contribution in [1.29, 1.82) is 0 Å². The van der Waals surface area contributed by atoms with Crippen LogP contribution in [0.3, 0.4) is 0 Å². The molecule has 2 atom stereocenters. The van der Waals surface area contributed by atoms with Gasteiger partial charge >= 0.3 is 143 Å². The Morgan fingerprint density at radius 3 is 1.14 bits per heavy atom. The summed E-state index contributed by atoms with van der Waals surface area (Å²) >= 11 is -1.55. The monoisotopic (exact) mass is 332 g/mol. The Kier molecular flexibility index (Phi) is 5.05. The molecule has 0 spiro atoms. The van der Waals surface area contributed by atoms with Gasteiger partial charge in [0, 0.05) is 0 Å². The van der Waals surface area contributed by atoms with Crippen LogP contribution < -0.4 is 0 Å². The van der Waals surface area contributed by atoms with Gasteiger partial charge in [0.2, 0.25) is 0 Å². The maximum atomic E-state index is 2.43. The molecule has 0 radical (unpaired) electrons. The molecular formula is C21H32Ti. The van der Waals surface area contributed by atoms with E-state index in [0.717, 1.165) is 0 Å². The summed E-state index contributed by atoms with van der Waals surface area (Å²) in [6.07, 6.45) is 0. The third-order valence-corrected chi connectivity index (χ3v) is 12.1. The molecule has 2 aliphatic carbocycles. The van der Waals surface area contributed by atoms with Crippen molar-refractivity contribution in [2.24, 2.45) is 11.8 Å². The second kappa shape index (κ2) is 6.21. The summed E-state index contributed by atoms with van der Waals surface area (Å²) in [4.78, 5) is 0. The molecule has 2 aliphatic rings. The molecule has 0 aliphatic heterocycles. The van der Waals surface area contributed by atoms with Gasteiger partial charge in [-0.2, -0.15) is 0 Å². The summed E-state index contributed by atoms with van der Waals surface area (Å²) in [7, 11) is 0. The third kappa shape index (κ3) is 2.53. The molecule has 0 amide bonds. The predicted molar refractivity (Wildman–Crippen MR) is 96.8 cm³/mol. The van der Waals surface area contributed by atoms with Gasteiger partial charge in [-0.05, 0) is 0 Å². The van der Waals surface area contributed by atoms with Gasteiger partial charge in [0.1, 0.15) is 0 Å². The van der Waals surface area contributed by atoms with E-state index >= 15 is 0 Å². The van der Waals surface area contributed by atoms with Crippen LogP contribution in [0.4, 0.5) is 0 Å². The molecule has 2 unspecified atom stereocenters. The molecule has 0 aromatic rings. The van der Waals surface area contributed by atoms with E-state index in [2.05, 4.69) is 69.2 Å². The van der Waals surface area contributed by atoms with Gasteiger partial charge in [-0.3, -0.25) is 0 Å². The van der Waals surface area contributed by atoms with Crippen molar-refractivity contribution in [2.75, 3.05) is 0 Å². The van der Waals surface area contributed by atoms with Crippen molar-refractivity contribution in [1.82, 2.24) is 0 Å². The molecule has 22 heavy (non-hydrogen) atoms. The van der Waals surface area contributed by atoms with Crippen LogP contribution in [0, 0.1) is 11.8 Å². The zero-order chi connectivity index (χ0) is 16.9. The molecule has 0 saturated carbocycles. The van der Waals surface area contributed by atoms with Crippen LogP contribution in [0.1, 0.15) is 69.2 Å². The van der Waals surface area contributed by atoms with Gasteiger partial charge in [0.15, 0.2) is 0 Å². The van der Waals surface area contributed by atoms with Crippen molar-refractivity contribution in [2.45, 2.75) is 69.2 Å². The third-order valence-electron chi connectivity index (χ3n) is 6.32. The van der Waals surface area contributed by atoms with Crippen LogP contribution in [0.5, 0.6) is 0 Å². The van der Waals surface area contributed by atoms with E-state index in [1.54, 1.807) is 37.3 Å². The van der Waals surface area contributed by atoms with E-state index in [1.165, 1.54) is 0 Å². The first kappa shape index (κ1) is 17.9. The van der Waals surface area contributed by atoms with Gasteiger partial charge in [0.05, 0.1) is 0 Å². The second-order valence-corrected chi connectivity index (χ2v) is 11.9. The van der Waals surface area contributed by atoms with E-state index in [-0.39, 0.29) is 0 Å². The molecule has 1 heteroatoms. The fourth-order valence-corrected chi connectivity index (χ4v) is 10.1. The van der Waals surface area contributed by atoms with E-state index < -0.39 is 17.4 Å². The number of allylic oxidation sites excluding steroid dienone is 8. The Morgan fingerprint density at radius 2 is 0.955 bits per heavy atom. The number of hydrogen-bond donors (Lipinski definition) is 0. The summed E-state index contributed by atoms with van der Waals surface area (Å²) in [5, 5.41) is 0. The Morgan fingerprint density at radius 1 is 0.636 bits per heavy atom. The summed E-state index contributed by atoms with van der Waals surface area (Å²) in [6, 6.07) is 0. The summed E-state index contributed by atoms with van der Waals surface area (Å²) in [6.45, 7) is 23.7. The fourth-order valence-electron chi connectivity index (χ4n) is 4.22. The minimum absolute atomic E-state index is 0.651. The fraction of sp³-hybridized carbons (Fsp3) is 0.571. The molecule has 0 aromatic carbocycles. The Hall–Kier alpha value is -0.456. The first-order valence-electron chi connectivity index (χ1n) is 8.56. The van der Waals surface area contributed by atoms with Crippen LogP contribution in [0.25, 0.3) is 0 Å². The summed E-state index contributed by atoms with van der Waals surface area (Å²) in [5.74, 6) is 1.30. The molecule has 2 rings (SSSR count). The van der Waals surface area contributed by atoms with Gasteiger partial charge in [0.25, 0.3) is 0 Å². The second-order valence-electron chi connectivity index (χ2n) is 7.51. The Balaban J connectivity index is 2.67. The van der Waals surface area contributed by atoms with Crippen molar-refractivity contribution in [3.63, 3.8) is 0 Å². The van der Waals surface area contributed by atoms with Crippen LogP contribution in [0.2, 0.25) is 0 Å². The first-order valence-corrected chi connectivity index (χ1v) is 10.9. The standard InChI is InChI=1S/2C9H13.C3H6.Ti/c2*1-6-5-7(2)9(4)8(6)3;1-3-2;/h2*6H,1-4H3;1-2H3;. The van der Waals surface area contributed by atoms with Crippen molar-refractivity contribution in [3.8, 4) is 0 Å². The summed E-state index contributed by atoms with van der Waals surface area (Å²) < 4.78 is 5.34. The van der Waals surface area contributed by atoms with E-state index in [9.17, 15) is 0 Å². The van der Waals surface area contributed by atoms with Crippen LogP contribution in [-0.2, 0) is 17.4 Å². The van der Waals surface area contributed by atoms with Gasteiger partial charge < -0.3 is 0 Å². The van der Waals surface area contributed by atoms with Gasteiger partial charge in [-0.15, -0.1) is 0 Å². The van der Waals surface area contributed by atoms with Crippen LogP contribution in [-0.4, -0.2) is 3.81 Å². The topological polar surface area (TPSA) is 0 Å². The van der Waals surface area contributed by atoms with Gasteiger partial charge in [-0.25, -0.2) is 0 Å². The first-order chi connectivity index (χ1) is 10.1. The molecule has 0 heterocycles. The SMILES string of the molecule is CC1=C(C)C(C)[C]([Ti]([C]2=C(C)C(C)=C(C)C2C)=[C](C)C)=C1C. The van der Waals surface area contributed by atoms with Crippen molar-refractivity contribution >= 4 is 3.81 Å². The molecule has 120 valence electrons. The summed E-state index contributed by atoms with van der Waals surface area (Å²) in [5.41, 5.74) is 9.53. The molecule has 0 saturated heterocycles. The average molecular weight is 332 g/mol. The Labute approximate surface area is 143 Å². The van der Waals surface area contributed by atoms with Crippen molar-refractivity contribution < 1.29 is 17.4 Å². The molecular weight excluding hydrogens is 300 g/mol. The minimum atomic E-state index is -1.55. The van der Waals surface area contributed by atoms with Gasteiger partial charge in [-0.1, -0.05) is 0 Å². The maximum absolute atomic E-state index is 2.43. The predicted octanol–water partition coefficient (Wildman–Crippen LogP) is 6.34. The van der Waals surface area contributed by atoms with E-state index in [0.29, 0.717) is 11.8 Å². The van der Waals surface area contributed by atoms with Crippen LogP contribution >= 0.6 is 0 Å². The molecule has 0 fully saturated rings. The molecule has 0 bridgehead atoms. The van der Waals surface area contributed by atoms with Crippen LogP contribution in [0.15, 0.2) is 41.2 Å². The number of hydrogen-bond acceptors (Lipinski definition) is 0. The van der Waals surface area contributed by atoms with E-state index in [1.807, 2.05) is 7.76 Å². The Bertz CT molecular complexity index is 631. The quantitative estimate of drug-likeness (QED) is 0.518. The zero-order valence-electron chi connectivity index (χ0n) is 16.2. The molecule has 0 nitrogen and oxygen atoms in total. The zero-order valence-corrected chi connectivity index (χ0v) is 17.7. The number of rotatable bonds is 2.